The van der Waals surface area contributed by atoms with Gasteiger partial charge in [0.1, 0.15) is 5.84 Å². The van der Waals surface area contributed by atoms with Crippen molar-refractivity contribution in [3.05, 3.63) is 0 Å². The zero-order chi connectivity index (χ0) is 7.40. The standard InChI is InChI=1S/C7H14N2S/c1-2-3-6-4-10-5-7(8)9-6/h6H,2-5H2,1H3,(H2,8,9). The van der Waals surface area contributed by atoms with Crippen LogP contribution in [0.25, 0.3) is 0 Å². The highest BCUT2D eigenvalue weighted by Gasteiger charge is 2.11. The monoisotopic (exact) mass is 158 g/mol. The maximum atomic E-state index is 5.58. The minimum atomic E-state index is 0.503. The third-order valence-electron chi connectivity index (χ3n) is 1.53. The van der Waals surface area contributed by atoms with E-state index in [-0.39, 0.29) is 0 Å². The Morgan fingerprint density at radius 3 is 3.20 bits per heavy atom. The summed E-state index contributed by atoms with van der Waals surface area (Å²) in [6, 6.07) is 0.503. The second-order valence-electron chi connectivity index (χ2n) is 2.58. The summed E-state index contributed by atoms with van der Waals surface area (Å²) in [4.78, 5) is 4.35. The van der Waals surface area contributed by atoms with Gasteiger partial charge in [-0.1, -0.05) is 13.3 Å². The van der Waals surface area contributed by atoms with Gasteiger partial charge in [0.2, 0.25) is 0 Å². The number of aliphatic imine (C=N–C) groups is 1. The predicted octanol–water partition coefficient (Wildman–Crippen LogP) is 1.26. The Morgan fingerprint density at radius 2 is 2.60 bits per heavy atom. The first-order valence-corrected chi connectivity index (χ1v) is 4.88. The maximum absolute atomic E-state index is 5.58. The van der Waals surface area contributed by atoms with Crippen molar-refractivity contribution in [3.63, 3.8) is 0 Å². The molecule has 0 aromatic rings. The van der Waals surface area contributed by atoms with Crippen LogP contribution in [0.4, 0.5) is 0 Å². The van der Waals surface area contributed by atoms with E-state index in [0.29, 0.717) is 6.04 Å². The fourth-order valence-electron chi connectivity index (χ4n) is 1.09. The Balaban J connectivity index is 2.38. The molecule has 1 aliphatic rings. The van der Waals surface area contributed by atoms with Crippen LogP contribution in [0.1, 0.15) is 19.8 Å². The molecule has 1 aliphatic heterocycles. The van der Waals surface area contributed by atoms with E-state index in [2.05, 4.69) is 11.9 Å². The average molecular weight is 158 g/mol. The van der Waals surface area contributed by atoms with Crippen molar-refractivity contribution in [1.82, 2.24) is 0 Å². The molecule has 0 bridgehead atoms. The molecule has 1 unspecified atom stereocenters. The third-order valence-corrected chi connectivity index (χ3v) is 2.65. The Labute approximate surface area is 66.3 Å². The SMILES string of the molecule is CCCC1CSCC(N)=N1. The smallest absolute Gasteiger partial charge is 0.104 e. The number of amidine groups is 1. The summed E-state index contributed by atoms with van der Waals surface area (Å²) in [7, 11) is 0. The highest BCUT2D eigenvalue weighted by atomic mass is 32.2. The third kappa shape index (κ3) is 2.21. The summed E-state index contributed by atoms with van der Waals surface area (Å²) in [5, 5.41) is 0. The zero-order valence-electron chi connectivity index (χ0n) is 6.34. The van der Waals surface area contributed by atoms with E-state index in [0.717, 1.165) is 17.3 Å². The van der Waals surface area contributed by atoms with E-state index >= 15 is 0 Å². The molecule has 3 heteroatoms. The molecule has 0 saturated carbocycles. The van der Waals surface area contributed by atoms with Gasteiger partial charge in [0.25, 0.3) is 0 Å². The van der Waals surface area contributed by atoms with E-state index in [1.54, 1.807) is 0 Å². The lowest BCUT2D eigenvalue weighted by Crippen LogP contribution is -2.25. The minimum Gasteiger partial charge on any atom is -0.387 e. The van der Waals surface area contributed by atoms with Crippen LogP contribution < -0.4 is 5.73 Å². The second-order valence-corrected chi connectivity index (χ2v) is 3.61. The highest BCUT2D eigenvalue weighted by molar-refractivity contribution is 8.00. The maximum Gasteiger partial charge on any atom is 0.104 e. The first-order chi connectivity index (χ1) is 4.83. The van der Waals surface area contributed by atoms with Crippen molar-refractivity contribution >= 4 is 17.6 Å². The summed E-state index contributed by atoms with van der Waals surface area (Å²) < 4.78 is 0. The average Bonchev–Trinajstić information content (AvgIpc) is 1.88. The first-order valence-electron chi connectivity index (χ1n) is 3.72. The van der Waals surface area contributed by atoms with Gasteiger partial charge in [0, 0.05) is 5.75 Å². The second kappa shape index (κ2) is 3.86. The molecular weight excluding hydrogens is 144 g/mol. The van der Waals surface area contributed by atoms with Crippen LogP contribution >= 0.6 is 11.8 Å². The van der Waals surface area contributed by atoms with Crippen molar-refractivity contribution in [2.24, 2.45) is 10.7 Å². The topological polar surface area (TPSA) is 38.4 Å². The van der Waals surface area contributed by atoms with E-state index in [1.165, 1.54) is 12.8 Å². The number of hydrogen-bond donors (Lipinski definition) is 1. The summed E-state index contributed by atoms with van der Waals surface area (Å²) in [5.41, 5.74) is 5.58. The number of nitrogens with zero attached hydrogens (tertiary/aromatic N) is 1. The van der Waals surface area contributed by atoms with Crippen LogP contribution in [0.5, 0.6) is 0 Å². The molecule has 58 valence electrons. The van der Waals surface area contributed by atoms with Gasteiger partial charge in [-0.2, -0.15) is 11.8 Å². The quantitative estimate of drug-likeness (QED) is 0.657. The summed E-state index contributed by atoms with van der Waals surface area (Å²) in [6.45, 7) is 2.19. The molecule has 0 aromatic carbocycles. The van der Waals surface area contributed by atoms with Crippen LogP contribution in [0, 0.1) is 0 Å². The van der Waals surface area contributed by atoms with Crippen molar-refractivity contribution in [1.29, 1.82) is 0 Å². The van der Waals surface area contributed by atoms with E-state index in [4.69, 9.17) is 5.73 Å². The van der Waals surface area contributed by atoms with Gasteiger partial charge >= 0.3 is 0 Å². The minimum absolute atomic E-state index is 0.503. The molecule has 2 N–H and O–H groups in total. The predicted molar refractivity (Wildman–Crippen MR) is 47.6 cm³/mol. The fraction of sp³-hybridized carbons (Fsp3) is 0.857. The summed E-state index contributed by atoms with van der Waals surface area (Å²) in [5.74, 6) is 2.92. The Morgan fingerprint density at radius 1 is 1.80 bits per heavy atom. The lowest BCUT2D eigenvalue weighted by atomic mass is 10.2. The normalized spacial score (nSPS) is 26.1. The van der Waals surface area contributed by atoms with Crippen LogP contribution in [-0.4, -0.2) is 23.4 Å². The number of nitrogens with two attached hydrogens (primary N) is 1. The lowest BCUT2D eigenvalue weighted by Gasteiger charge is -2.16. The van der Waals surface area contributed by atoms with Gasteiger partial charge in [0.15, 0.2) is 0 Å². The van der Waals surface area contributed by atoms with Crippen molar-refractivity contribution < 1.29 is 0 Å². The van der Waals surface area contributed by atoms with E-state index in [1.807, 2.05) is 11.8 Å². The van der Waals surface area contributed by atoms with Crippen LogP contribution in [-0.2, 0) is 0 Å². The summed E-state index contributed by atoms with van der Waals surface area (Å²) in [6.07, 6.45) is 2.40. The van der Waals surface area contributed by atoms with E-state index in [9.17, 15) is 0 Å². The number of rotatable bonds is 2. The molecule has 0 aromatic heterocycles. The molecule has 0 radical (unpaired) electrons. The van der Waals surface area contributed by atoms with Crippen LogP contribution in [0.3, 0.4) is 0 Å². The lowest BCUT2D eigenvalue weighted by molar-refractivity contribution is 0.659. The first kappa shape index (κ1) is 7.92. The largest absolute Gasteiger partial charge is 0.387 e. The molecule has 10 heavy (non-hydrogen) atoms. The van der Waals surface area contributed by atoms with Crippen molar-refractivity contribution in [3.8, 4) is 0 Å². The van der Waals surface area contributed by atoms with Gasteiger partial charge in [-0.05, 0) is 6.42 Å². The van der Waals surface area contributed by atoms with Gasteiger partial charge in [-0.3, -0.25) is 4.99 Å². The highest BCUT2D eigenvalue weighted by Crippen LogP contribution is 2.15. The van der Waals surface area contributed by atoms with Crippen molar-refractivity contribution in [2.45, 2.75) is 25.8 Å². The molecule has 0 fully saturated rings. The molecule has 1 atom stereocenters. The number of thioether (sulfide) groups is 1. The van der Waals surface area contributed by atoms with Gasteiger partial charge in [0.05, 0.1) is 11.8 Å². The fourth-order valence-corrected chi connectivity index (χ4v) is 2.00. The molecule has 1 rings (SSSR count). The molecular formula is C7H14N2S. The number of hydrogen-bond acceptors (Lipinski definition) is 3. The molecule has 1 heterocycles. The molecule has 0 spiro atoms. The van der Waals surface area contributed by atoms with Crippen LogP contribution in [0.15, 0.2) is 4.99 Å². The molecule has 0 amide bonds. The Bertz CT molecular complexity index is 134. The van der Waals surface area contributed by atoms with Crippen LogP contribution in [0.2, 0.25) is 0 Å². The van der Waals surface area contributed by atoms with Crippen molar-refractivity contribution in [2.75, 3.05) is 11.5 Å². The Hall–Kier alpha value is -0.180. The van der Waals surface area contributed by atoms with Gasteiger partial charge < -0.3 is 5.73 Å². The Kier molecular flexibility index (Phi) is 3.06. The van der Waals surface area contributed by atoms with E-state index < -0.39 is 0 Å². The summed E-state index contributed by atoms with van der Waals surface area (Å²) >= 11 is 1.90. The molecule has 2 nitrogen and oxygen atoms in total. The molecule has 0 saturated heterocycles. The van der Waals surface area contributed by atoms with Gasteiger partial charge in [-0.15, -0.1) is 0 Å². The zero-order valence-corrected chi connectivity index (χ0v) is 7.16. The van der Waals surface area contributed by atoms with Gasteiger partial charge in [-0.25, -0.2) is 0 Å². The molecule has 0 aliphatic carbocycles.